The normalized spacial score (nSPS) is 17.1. The maximum Gasteiger partial charge on any atom is 0.410 e. The summed E-state index contributed by atoms with van der Waals surface area (Å²) in [6, 6.07) is 9.81. The average molecular weight is 461 g/mol. The molecule has 1 aromatic carbocycles. The Morgan fingerprint density at radius 3 is 2.79 bits per heavy atom. The van der Waals surface area contributed by atoms with Crippen LogP contribution < -0.4 is 4.74 Å². The number of rotatable bonds is 4. The highest BCUT2D eigenvalue weighted by atomic mass is 79.9. The van der Waals surface area contributed by atoms with Gasteiger partial charge in [-0.25, -0.2) is 4.79 Å². The molecule has 5 nitrogen and oxygen atoms in total. The molecule has 3 rings (SSSR count). The molecule has 0 N–H and O–H groups in total. The van der Waals surface area contributed by atoms with Crippen LogP contribution in [0.5, 0.6) is 5.75 Å². The zero-order valence-corrected chi connectivity index (χ0v) is 19.2. The van der Waals surface area contributed by atoms with E-state index in [1.54, 1.807) is 11.1 Å². The zero-order chi connectivity index (χ0) is 21.0. The fraction of sp³-hybridized carbons (Fsp3) is 0.478. The third kappa shape index (κ3) is 5.72. The quantitative estimate of drug-likeness (QED) is 0.545. The predicted molar refractivity (Wildman–Crippen MR) is 117 cm³/mol. The van der Waals surface area contributed by atoms with E-state index < -0.39 is 5.60 Å². The first-order valence-electron chi connectivity index (χ1n) is 10.1. The van der Waals surface area contributed by atoms with Crippen molar-refractivity contribution < 1.29 is 14.3 Å². The zero-order valence-electron chi connectivity index (χ0n) is 17.6. The van der Waals surface area contributed by atoms with Crippen molar-refractivity contribution in [1.82, 2.24) is 9.88 Å². The van der Waals surface area contributed by atoms with Crippen LogP contribution in [0.2, 0.25) is 0 Å². The van der Waals surface area contributed by atoms with Gasteiger partial charge < -0.3 is 9.47 Å². The van der Waals surface area contributed by atoms with E-state index in [9.17, 15) is 4.79 Å². The molecule has 0 spiro atoms. The molecule has 6 heteroatoms. The van der Waals surface area contributed by atoms with Gasteiger partial charge in [0, 0.05) is 17.2 Å². The van der Waals surface area contributed by atoms with Crippen LogP contribution in [-0.2, 0) is 11.3 Å². The van der Waals surface area contributed by atoms with Crippen LogP contribution in [0.15, 0.2) is 41.0 Å². The molecule has 1 amide bonds. The number of piperidine rings is 1. The third-order valence-electron chi connectivity index (χ3n) is 4.93. The van der Waals surface area contributed by atoms with Crippen LogP contribution in [0.3, 0.4) is 0 Å². The van der Waals surface area contributed by atoms with Gasteiger partial charge in [0.25, 0.3) is 0 Å². The van der Waals surface area contributed by atoms with Crippen molar-refractivity contribution in [2.24, 2.45) is 0 Å². The number of aryl methyl sites for hydroxylation is 1. The maximum absolute atomic E-state index is 12.8. The van der Waals surface area contributed by atoms with Crippen molar-refractivity contribution >= 4 is 22.0 Å². The van der Waals surface area contributed by atoms with Crippen LogP contribution in [0, 0.1) is 6.92 Å². The Bertz CT molecular complexity index is 863. The standard InChI is InChI=1S/C23H29BrN2O3/c1-16-14-18(24)11-10-17(16)15-28-20-9-7-12-25-21(20)19-8-5-6-13-26(19)22(27)29-23(2,3)4/h7,9-12,14,19H,5-6,8,13,15H2,1-4H3. The molecule has 1 atom stereocenters. The van der Waals surface area contributed by atoms with E-state index >= 15 is 0 Å². The molecule has 0 bridgehead atoms. The van der Waals surface area contributed by atoms with E-state index in [4.69, 9.17) is 9.47 Å². The fourth-order valence-electron chi connectivity index (χ4n) is 3.51. The van der Waals surface area contributed by atoms with Crippen LogP contribution in [-0.4, -0.2) is 28.1 Å². The number of hydrogen-bond donors (Lipinski definition) is 0. The van der Waals surface area contributed by atoms with E-state index in [2.05, 4.69) is 40.0 Å². The number of halogens is 1. The molecular weight excluding hydrogens is 432 g/mol. The number of pyridine rings is 1. The Labute approximate surface area is 181 Å². The second-order valence-electron chi connectivity index (χ2n) is 8.43. The number of benzene rings is 1. The first kappa shape index (κ1) is 21.6. The lowest BCUT2D eigenvalue weighted by molar-refractivity contribution is 0.00865. The number of amides is 1. The lowest BCUT2D eigenvalue weighted by atomic mass is 9.98. The van der Waals surface area contributed by atoms with Crippen LogP contribution >= 0.6 is 15.9 Å². The van der Waals surface area contributed by atoms with E-state index in [0.29, 0.717) is 13.2 Å². The molecule has 1 aromatic heterocycles. The fourth-order valence-corrected chi connectivity index (χ4v) is 3.98. The summed E-state index contributed by atoms with van der Waals surface area (Å²) < 4.78 is 12.9. The van der Waals surface area contributed by atoms with Gasteiger partial charge >= 0.3 is 6.09 Å². The molecule has 1 fully saturated rings. The minimum absolute atomic E-state index is 0.138. The Balaban J connectivity index is 1.81. The smallest absolute Gasteiger partial charge is 0.410 e. The number of carbonyl (C=O) groups excluding carboxylic acids is 1. The summed E-state index contributed by atoms with van der Waals surface area (Å²) in [6.45, 7) is 8.86. The number of ether oxygens (including phenoxy) is 2. The largest absolute Gasteiger partial charge is 0.487 e. The minimum atomic E-state index is -0.526. The lowest BCUT2D eigenvalue weighted by Crippen LogP contribution is -2.42. The highest BCUT2D eigenvalue weighted by molar-refractivity contribution is 9.10. The maximum atomic E-state index is 12.8. The number of nitrogens with zero attached hydrogens (tertiary/aromatic N) is 2. The molecule has 0 radical (unpaired) electrons. The van der Waals surface area contributed by atoms with E-state index in [0.717, 1.165) is 46.3 Å². The molecule has 2 heterocycles. The molecule has 1 unspecified atom stereocenters. The third-order valence-corrected chi connectivity index (χ3v) is 5.43. The molecule has 156 valence electrons. The first-order valence-corrected chi connectivity index (χ1v) is 10.9. The van der Waals surface area contributed by atoms with Gasteiger partial charge in [0.2, 0.25) is 0 Å². The van der Waals surface area contributed by atoms with Gasteiger partial charge in [-0.1, -0.05) is 22.0 Å². The van der Waals surface area contributed by atoms with Gasteiger partial charge in [-0.05, 0) is 82.3 Å². The summed E-state index contributed by atoms with van der Waals surface area (Å²) in [5.41, 5.74) is 2.56. The number of likely N-dealkylation sites (tertiary alicyclic amines) is 1. The molecule has 0 saturated carbocycles. The van der Waals surface area contributed by atoms with Crippen molar-refractivity contribution in [3.63, 3.8) is 0 Å². The summed E-state index contributed by atoms with van der Waals surface area (Å²) >= 11 is 3.50. The second-order valence-corrected chi connectivity index (χ2v) is 9.35. The molecule has 2 aromatic rings. The summed E-state index contributed by atoms with van der Waals surface area (Å²) in [4.78, 5) is 19.2. The van der Waals surface area contributed by atoms with Gasteiger partial charge in [-0.3, -0.25) is 9.88 Å². The Hall–Kier alpha value is -2.08. The molecule has 1 saturated heterocycles. The second kappa shape index (κ2) is 9.16. The Morgan fingerprint density at radius 2 is 2.07 bits per heavy atom. The highest BCUT2D eigenvalue weighted by Crippen LogP contribution is 2.36. The van der Waals surface area contributed by atoms with Crippen molar-refractivity contribution in [3.8, 4) is 5.75 Å². The van der Waals surface area contributed by atoms with Gasteiger partial charge in [0.15, 0.2) is 0 Å². The van der Waals surface area contributed by atoms with Gasteiger partial charge in [0.1, 0.15) is 23.7 Å². The Morgan fingerprint density at radius 1 is 1.28 bits per heavy atom. The van der Waals surface area contributed by atoms with Crippen LogP contribution in [0.4, 0.5) is 4.79 Å². The average Bonchev–Trinajstić information content (AvgIpc) is 2.66. The molecule has 29 heavy (non-hydrogen) atoms. The van der Waals surface area contributed by atoms with Gasteiger partial charge in [0.05, 0.1) is 6.04 Å². The van der Waals surface area contributed by atoms with E-state index in [1.807, 2.05) is 39.0 Å². The number of carbonyl (C=O) groups is 1. The summed E-state index contributed by atoms with van der Waals surface area (Å²) in [5, 5.41) is 0. The summed E-state index contributed by atoms with van der Waals surface area (Å²) in [6.07, 6.45) is 4.34. The lowest BCUT2D eigenvalue weighted by Gasteiger charge is -2.36. The predicted octanol–water partition coefficient (Wildman–Crippen LogP) is 6.19. The molecule has 0 aliphatic carbocycles. The van der Waals surface area contributed by atoms with Gasteiger partial charge in [-0.15, -0.1) is 0 Å². The van der Waals surface area contributed by atoms with Crippen molar-refractivity contribution in [3.05, 3.63) is 57.8 Å². The van der Waals surface area contributed by atoms with E-state index in [-0.39, 0.29) is 12.1 Å². The van der Waals surface area contributed by atoms with Gasteiger partial charge in [-0.2, -0.15) is 0 Å². The molecule has 1 aliphatic heterocycles. The molecule has 1 aliphatic rings. The van der Waals surface area contributed by atoms with Crippen LogP contribution in [0.1, 0.15) is 62.9 Å². The first-order chi connectivity index (χ1) is 13.7. The highest BCUT2D eigenvalue weighted by Gasteiger charge is 2.33. The number of aromatic nitrogens is 1. The van der Waals surface area contributed by atoms with Crippen molar-refractivity contribution in [1.29, 1.82) is 0 Å². The van der Waals surface area contributed by atoms with Crippen molar-refractivity contribution in [2.75, 3.05) is 6.54 Å². The SMILES string of the molecule is Cc1cc(Br)ccc1COc1cccnc1C1CCCCN1C(=O)OC(C)(C)C. The Kier molecular flexibility index (Phi) is 6.83. The van der Waals surface area contributed by atoms with E-state index in [1.165, 1.54) is 0 Å². The topological polar surface area (TPSA) is 51.7 Å². The van der Waals surface area contributed by atoms with Crippen LogP contribution in [0.25, 0.3) is 0 Å². The summed E-state index contributed by atoms with van der Waals surface area (Å²) in [7, 11) is 0. The number of hydrogen-bond acceptors (Lipinski definition) is 4. The summed E-state index contributed by atoms with van der Waals surface area (Å²) in [5.74, 6) is 0.718. The minimum Gasteiger partial charge on any atom is -0.487 e. The molecular formula is C23H29BrN2O3. The monoisotopic (exact) mass is 460 g/mol. The van der Waals surface area contributed by atoms with Crippen molar-refractivity contribution in [2.45, 2.75) is 65.2 Å².